The van der Waals surface area contributed by atoms with E-state index in [9.17, 15) is 0 Å². The standard InChI is InChI=1S/C50H60O4S4/c1-4-7-9-10-11-42-37-49(58-50(42)48-27-26-47(57-48)46-25-23-44(56-46)29-32-53-34-33-51-6-3)41-20-16-39(17-21-41)13-12-38-14-18-40(19-15-38)45-24-22-43(55-45)28-31-54-36-35-52-30-8-5-2/h12-27,37H,4-11,28-36H2,1-3H3. The van der Waals surface area contributed by atoms with E-state index in [-0.39, 0.29) is 0 Å². The molecule has 0 aliphatic heterocycles. The number of hydrogen-bond donors (Lipinski definition) is 0. The minimum Gasteiger partial charge on any atom is -0.379 e. The van der Waals surface area contributed by atoms with Crippen LogP contribution in [0.1, 0.15) is 85.7 Å². The van der Waals surface area contributed by atoms with Crippen LogP contribution in [0.5, 0.6) is 0 Å². The van der Waals surface area contributed by atoms with Crippen LogP contribution >= 0.6 is 45.3 Å². The van der Waals surface area contributed by atoms with Crippen molar-refractivity contribution >= 4 is 57.5 Å². The van der Waals surface area contributed by atoms with Crippen LogP contribution in [-0.2, 0) is 38.2 Å². The van der Waals surface area contributed by atoms with E-state index in [4.69, 9.17) is 18.9 Å². The molecule has 0 saturated carbocycles. The van der Waals surface area contributed by atoms with Crippen LogP contribution in [0.25, 0.3) is 52.5 Å². The molecule has 0 radical (unpaired) electrons. The zero-order chi connectivity index (χ0) is 40.2. The first kappa shape index (κ1) is 44.4. The van der Waals surface area contributed by atoms with Gasteiger partial charge in [0.05, 0.1) is 39.6 Å². The Morgan fingerprint density at radius 1 is 0.414 bits per heavy atom. The minimum atomic E-state index is 0.659. The lowest BCUT2D eigenvalue weighted by molar-refractivity contribution is 0.0480. The van der Waals surface area contributed by atoms with E-state index >= 15 is 0 Å². The summed E-state index contributed by atoms with van der Waals surface area (Å²) < 4.78 is 22.5. The van der Waals surface area contributed by atoms with E-state index in [1.807, 2.05) is 52.3 Å². The number of unbranched alkanes of at least 4 members (excludes halogenated alkanes) is 4. The molecule has 4 nitrogen and oxygen atoms in total. The van der Waals surface area contributed by atoms with Crippen molar-refractivity contribution < 1.29 is 18.9 Å². The van der Waals surface area contributed by atoms with Gasteiger partial charge in [0, 0.05) is 65.1 Å². The Morgan fingerprint density at radius 3 is 1.59 bits per heavy atom. The molecule has 0 saturated heterocycles. The van der Waals surface area contributed by atoms with Crippen LogP contribution < -0.4 is 0 Å². The predicted octanol–water partition coefficient (Wildman–Crippen LogP) is 14.9. The Kier molecular flexibility index (Phi) is 19.0. The normalized spacial score (nSPS) is 11.7. The number of thiophene rings is 4. The molecule has 0 aliphatic carbocycles. The SMILES string of the molecule is CCCCCCc1cc(-c2ccc(C=Cc3ccc(-c4ccc(CCOCCOCCCC)s4)cc3)cc2)sc1-c1ccc(-c2ccc(CCOCCOCC)s2)s1. The highest BCUT2D eigenvalue weighted by Gasteiger charge is 2.16. The lowest BCUT2D eigenvalue weighted by Crippen LogP contribution is -2.07. The lowest BCUT2D eigenvalue weighted by Gasteiger charge is -2.04. The first-order valence-electron chi connectivity index (χ1n) is 21.2. The molecule has 4 aromatic heterocycles. The highest BCUT2D eigenvalue weighted by atomic mass is 32.1. The average molecular weight is 853 g/mol. The van der Waals surface area contributed by atoms with Gasteiger partial charge < -0.3 is 18.9 Å². The number of benzene rings is 2. The van der Waals surface area contributed by atoms with Crippen LogP contribution in [0, 0.1) is 0 Å². The molecule has 0 spiro atoms. The number of ether oxygens (including phenoxy) is 4. The average Bonchev–Trinajstić information content (AvgIpc) is 4.09. The van der Waals surface area contributed by atoms with Gasteiger partial charge in [-0.1, -0.05) is 100 Å². The third-order valence-corrected chi connectivity index (χ3v) is 15.0. The van der Waals surface area contributed by atoms with E-state index in [1.54, 1.807) is 0 Å². The largest absolute Gasteiger partial charge is 0.379 e. The van der Waals surface area contributed by atoms with E-state index in [0.29, 0.717) is 26.4 Å². The predicted molar refractivity (Wildman–Crippen MR) is 254 cm³/mol. The second kappa shape index (κ2) is 24.8. The first-order valence-corrected chi connectivity index (χ1v) is 24.5. The topological polar surface area (TPSA) is 36.9 Å². The summed E-state index contributed by atoms with van der Waals surface area (Å²) >= 11 is 7.62. The molecular formula is C50H60O4S4. The molecule has 0 bridgehead atoms. The van der Waals surface area contributed by atoms with Crippen LogP contribution in [0.4, 0.5) is 0 Å². The van der Waals surface area contributed by atoms with Crippen LogP contribution in [-0.4, -0.2) is 52.9 Å². The molecular weight excluding hydrogens is 793 g/mol. The number of hydrogen-bond acceptors (Lipinski definition) is 8. The van der Waals surface area contributed by atoms with Crippen molar-refractivity contribution in [2.24, 2.45) is 0 Å². The minimum absolute atomic E-state index is 0.659. The van der Waals surface area contributed by atoms with Gasteiger partial charge in [0.25, 0.3) is 0 Å². The second-order valence-corrected chi connectivity index (χ2v) is 18.9. The maximum absolute atomic E-state index is 5.78. The molecule has 2 aromatic carbocycles. The molecule has 4 heterocycles. The molecule has 6 rings (SSSR count). The third kappa shape index (κ3) is 14.0. The maximum Gasteiger partial charge on any atom is 0.0700 e. The van der Waals surface area contributed by atoms with Gasteiger partial charge in [0.15, 0.2) is 0 Å². The molecule has 0 atom stereocenters. The molecule has 0 N–H and O–H groups in total. The molecule has 308 valence electrons. The van der Waals surface area contributed by atoms with Crippen molar-refractivity contribution in [1.29, 1.82) is 0 Å². The Balaban J connectivity index is 1.04. The molecule has 0 aliphatic rings. The maximum atomic E-state index is 5.78. The lowest BCUT2D eigenvalue weighted by atomic mass is 10.0. The van der Waals surface area contributed by atoms with Crippen LogP contribution in [0.15, 0.2) is 91.0 Å². The van der Waals surface area contributed by atoms with Gasteiger partial charge in [-0.3, -0.25) is 0 Å². The van der Waals surface area contributed by atoms with Crippen molar-refractivity contribution in [1.82, 2.24) is 0 Å². The molecule has 6 aromatic rings. The van der Waals surface area contributed by atoms with Gasteiger partial charge in [-0.15, -0.1) is 45.3 Å². The van der Waals surface area contributed by atoms with E-state index < -0.39 is 0 Å². The van der Waals surface area contributed by atoms with E-state index in [0.717, 1.165) is 52.1 Å². The highest BCUT2D eigenvalue weighted by Crippen LogP contribution is 2.44. The zero-order valence-corrected chi connectivity index (χ0v) is 37.9. The monoisotopic (exact) mass is 852 g/mol. The summed E-state index contributed by atoms with van der Waals surface area (Å²) in [4.78, 5) is 10.9. The van der Waals surface area contributed by atoms with E-state index in [1.165, 1.54) is 98.9 Å². The fourth-order valence-corrected chi connectivity index (χ4v) is 11.0. The summed E-state index contributed by atoms with van der Waals surface area (Å²) in [6.07, 6.45) is 14.8. The number of aryl methyl sites for hydroxylation is 1. The van der Waals surface area contributed by atoms with Crippen LogP contribution in [0.2, 0.25) is 0 Å². The summed E-state index contributed by atoms with van der Waals surface area (Å²) in [7, 11) is 0. The van der Waals surface area contributed by atoms with Crippen molar-refractivity contribution in [3.05, 3.63) is 117 Å². The van der Waals surface area contributed by atoms with Crippen LogP contribution in [0.3, 0.4) is 0 Å². The molecule has 0 amide bonds. The Hall–Kier alpha value is -3.18. The Bertz CT molecular complexity index is 2060. The van der Waals surface area contributed by atoms with Gasteiger partial charge in [-0.05, 0) is 96.5 Å². The van der Waals surface area contributed by atoms with E-state index in [2.05, 4.69) is 117 Å². The van der Waals surface area contributed by atoms with Gasteiger partial charge >= 0.3 is 0 Å². The summed E-state index contributed by atoms with van der Waals surface area (Å²) in [6, 6.07) is 34.1. The van der Waals surface area contributed by atoms with Crippen molar-refractivity contribution in [3.8, 4) is 40.4 Å². The van der Waals surface area contributed by atoms with Gasteiger partial charge in [-0.25, -0.2) is 0 Å². The highest BCUT2D eigenvalue weighted by molar-refractivity contribution is 7.27. The fourth-order valence-electron chi connectivity index (χ4n) is 6.60. The number of rotatable bonds is 27. The summed E-state index contributed by atoms with van der Waals surface area (Å²) in [5.41, 5.74) is 6.44. The summed E-state index contributed by atoms with van der Waals surface area (Å²) in [5, 5.41) is 0. The molecule has 0 fully saturated rings. The fraction of sp³-hybridized carbons (Fsp3) is 0.400. The molecule has 8 heteroatoms. The quantitative estimate of drug-likeness (QED) is 0.0382. The second-order valence-electron chi connectivity index (χ2n) is 14.4. The summed E-state index contributed by atoms with van der Waals surface area (Å²) in [5.74, 6) is 0. The van der Waals surface area contributed by atoms with Crippen molar-refractivity contribution in [3.63, 3.8) is 0 Å². The summed E-state index contributed by atoms with van der Waals surface area (Å²) in [6.45, 7) is 12.2. The zero-order valence-electron chi connectivity index (χ0n) is 34.6. The van der Waals surface area contributed by atoms with Gasteiger partial charge in [0.2, 0.25) is 0 Å². The van der Waals surface area contributed by atoms with Gasteiger partial charge in [0.1, 0.15) is 0 Å². The smallest absolute Gasteiger partial charge is 0.0700 e. The Morgan fingerprint density at radius 2 is 0.948 bits per heavy atom. The Labute approximate surface area is 363 Å². The van der Waals surface area contributed by atoms with Crippen molar-refractivity contribution in [2.75, 3.05) is 52.9 Å². The first-order chi connectivity index (χ1) is 28.6. The van der Waals surface area contributed by atoms with Crippen molar-refractivity contribution in [2.45, 2.75) is 78.6 Å². The van der Waals surface area contributed by atoms with Gasteiger partial charge in [-0.2, -0.15) is 0 Å². The molecule has 58 heavy (non-hydrogen) atoms. The molecule has 0 unspecified atom stereocenters. The third-order valence-electron chi connectivity index (χ3n) is 9.94.